The third-order valence-corrected chi connectivity index (χ3v) is 3.82. The summed E-state index contributed by atoms with van der Waals surface area (Å²) in [7, 11) is 1.51. The number of nitrogens with zero attached hydrogens (tertiary/aromatic N) is 5. The van der Waals surface area contributed by atoms with Gasteiger partial charge in [-0.3, -0.25) is 0 Å². The SMILES string of the molecule is COc1cc(CNc2nn3c(C(F)(F)F)nnc3c(C)c2C)ccn1. The number of nitrogens with one attached hydrogen (secondary N) is 1. The summed E-state index contributed by atoms with van der Waals surface area (Å²) in [6, 6.07) is 3.50. The first-order chi connectivity index (χ1) is 11.8. The number of methoxy groups -OCH3 is 1. The van der Waals surface area contributed by atoms with Crippen LogP contribution in [0.4, 0.5) is 19.0 Å². The second-order valence-electron chi connectivity index (χ2n) is 5.42. The largest absolute Gasteiger partial charge is 0.481 e. The molecule has 0 atom stereocenters. The maximum atomic E-state index is 13.0. The normalized spacial score (nSPS) is 11.8. The highest BCUT2D eigenvalue weighted by molar-refractivity contribution is 5.58. The zero-order valence-corrected chi connectivity index (χ0v) is 13.7. The third-order valence-electron chi connectivity index (χ3n) is 3.82. The summed E-state index contributed by atoms with van der Waals surface area (Å²) >= 11 is 0. The van der Waals surface area contributed by atoms with Gasteiger partial charge in [-0.2, -0.15) is 17.7 Å². The summed E-state index contributed by atoms with van der Waals surface area (Å²) in [6.45, 7) is 3.79. The topological polar surface area (TPSA) is 77.2 Å². The molecule has 0 aliphatic rings. The minimum Gasteiger partial charge on any atom is -0.481 e. The molecule has 132 valence electrons. The van der Waals surface area contributed by atoms with Crippen LogP contribution in [0.15, 0.2) is 18.3 Å². The van der Waals surface area contributed by atoms with E-state index in [1.54, 1.807) is 32.2 Å². The van der Waals surface area contributed by atoms with Gasteiger partial charge in [-0.15, -0.1) is 15.3 Å². The Labute approximate surface area is 140 Å². The van der Waals surface area contributed by atoms with Crippen molar-refractivity contribution < 1.29 is 17.9 Å². The van der Waals surface area contributed by atoms with Gasteiger partial charge in [0, 0.05) is 24.4 Å². The second-order valence-corrected chi connectivity index (χ2v) is 5.42. The number of halogens is 3. The van der Waals surface area contributed by atoms with E-state index < -0.39 is 12.0 Å². The Kier molecular flexibility index (Phi) is 4.19. The van der Waals surface area contributed by atoms with Gasteiger partial charge >= 0.3 is 6.18 Å². The Balaban J connectivity index is 1.96. The number of fused-ring (bicyclic) bond motifs is 1. The zero-order valence-electron chi connectivity index (χ0n) is 13.7. The standard InChI is InChI=1S/C15H15F3N6O/c1-8-9(2)13-21-22-14(15(16,17)18)24(13)23-12(8)20-7-10-4-5-19-11(6-10)25-3/h4-6H,7H2,1-3H3,(H,20,23). The third kappa shape index (κ3) is 3.19. The monoisotopic (exact) mass is 352 g/mol. The van der Waals surface area contributed by atoms with Gasteiger partial charge in [0.25, 0.3) is 5.82 Å². The van der Waals surface area contributed by atoms with Crippen LogP contribution in [0.3, 0.4) is 0 Å². The molecule has 25 heavy (non-hydrogen) atoms. The van der Waals surface area contributed by atoms with Crippen molar-refractivity contribution in [2.45, 2.75) is 26.6 Å². The van der Waals surface area contributed by atoms with Crippen molar-refractivity contribution in [1.29, 1.82) is 0 Å². The Bertz CT molecular complexity index is 922. The Morgan fingerprint density at radius 3 is 2.64 bits per heavy atom. The van der Waals surface area contributed by atoms with Crippen LogP contribution in [-0.4, -0.2) is 31.9 Å². The van der Waals surface area contributed by atoms with Crippen LogP contribution < -0.4 is 10.1 Å². The number of hydrogen-bond donors (Lipinski definition) is 1. The molecule has 0 bridgehead atoms. The molecule has 3 rings (SSSR count). The number of pyridine rings is 1. The van der Waals surface area contributed by atoms with Gasteiger partial charge in [0.1, 0.15) is 0 Å². The molecule has 3 aromatic heterocycles. The van der Waals surface area contributed by atoms with E-state index in [4.69, 9.17) is 4.74 Å². The number of aryl methyl sites for hydroxylation is 1. The van der Waals surface area contributed by atoms with E-state index in [0.29, 0.717) is 29.4 Å². The first kappa shape index (κ1) is 16.9. The highest BCUT2D eigenvalue weighted by Crippen LogP contribution is 2.29. The van der Waals surface area contributed by atoms with Crippen molar-refractivity contribution in [3.8, 4) is 5.88 Å². The van der Waals surface area contributed by atoms with Crippen LogP contribution in [0, 0.1) is 13.8 Å². The molecule has 0 radical (unpaired) electrons. The predicted octanol–water partition coefficient (Wildman–Crippen LogP) is 2.78. The summed E-state index contributed by atoms with van der Waals surface area (Å²) in [5, 5.41) is 13.9. The lowest BCUT2D eigenvalue weighted by molar-refractivity contribution is -0.146. The van der Waals surface area contributed by atoms with Gasteiger partial charge in [0.15, 0.2) is 11.5 Å². The lowest BCUT2D eigenvalue weighted by Gasteiger charge is -2.13. The maximum Gasteiger partial charge on any atom is 0.453 e. The fourth-order valence-electron chi connectivity index (χ4n) is 2.33. The lowest BCUT2D eigenvalue weighted by atomic mass is 10.2. The van der Waals surface area contributed by atoms with Crippen LogP contribution in [0.2, 0.25) is 0 Å². The fourth-order valence-corrected chi connectivity index (χ4v) is 2.33. The number of ether oxygens (including phenoxy) is 1. The predicted molar refractivity (Wildman–Crippen MR) is 83.4 cm³/mol. The molecular weight excluding hydrogens is 337 g/mol. The molecule has 3 aromatic rings. The molecule has 0 amide bonds. The maximum absolute atomic E-state index is 13.0. The number of hydrogen-bond acceptors (Lipinski definition) is 6. The van der Waals surface area contributed by atoms with E-state index in [2.05, 4.69) is 25.6 Å². The Hall–Kier alpha value is -2.91. The number of alkyl halides is 3. The first-order valence-electron chi connectivity index (χ1n) is 7.34. The molecule has 0 aliphatic heterocycles. The first-order valence-corrected chi connectivity index (χ1v) is 7.34. The van der Waals surface area contributed by atoms with Crippen LogP contribution in [0.5, 0.6) is 5.88 Å². The second kappa shape index (κ2) is 6.19. The summed E-state index contributed by atoms with van der Waals surface area (Å²) in [6.07, 6.45) is -3.05. The minimum absolute atomic E-state index is 0.0842. The van der Waals surface area contributed by atoms with E-state index in [1.165, 1.54) is 7.11 Å². The van der Waals surface area contributed by atoms with Crippen LogP contribution in [0.1, 0.15) is 22.5 Å². The molecule has 0 saturated carbocycles. The van der Waals surface area contributed by atoms with E-state index in [0.717, 1.165) is 10.1 Å². The van der Waals surface area contributed by atoms with Crippen LogP contribution >= 0.6 is 0 Å². The molecule has 7 nitrogen and oxygen atoms in total. The molecule has 0 fully saturated rings. The quantitative estimate of drug-likeness (QED) is 0.778. The van der Waals surface area contributed by atoms with E-state index in [1.807, 2.05) is 0 Å². The molecule has 10 heteroatoms. The average molecular weight is 352 g/mol. The Morgan fingerprint density at radius 1 is 1.20 bits per heavy atom. The van der Waals surface area contributed by atoms with Crippen molar-refractivity contribution in [2.24, 2.45) is 0 Å². The highest BCUT2D eigenvalue weighted by atomic mass is 19.4. The van der Waals surface area contributed by atoms with Crippen molar-refractivity contribution in [2.75, 3.05) is 12.4 Å². The average Bonchev–Trinajstić information content (AvgIpc) is 3.01. The van der Waals surface area contributed by atoms with Gasteiger partial charge < -0.3 is 10.1 Å². The summed E-state index contributed by atoms with van der Waals surface area (Å²) < 4.78 is 44.9. The summed E-state index contributed by atoms with van der Waals surface area (Å²) in [4.78, 5) is 4.01. The van der Waals surface area contributed by atoms with E-state index >= 15 is 0 Å². The minimum atomic E-state index is -4.64. The van der Waals surface area contributed by atoms with Gasteiger partial charge in [-0.1, -0.05) is 0 Å². The summed E-state index contributed by atoms with van der Waals surface area (Å²) in [5.41, 5.74) is 2.22. The number of aromatic nitrogens is 5. The molecule has 0 saturated heterocycles. The number of anilines is 1. The lowest BCUT2D eigenvalue weighted by Crippen LogP contribution is -2.15. The molecule has 0 unspecified atom stereocenters. The molecule has 0 aliphatic carbocycles. The highest BCUT2D eigenvalue weighted by Gasteiger charge is 2.38. The van der Waals surface area contributed by atoms with Gasteiger partial charge in [-0.05, 0) is 31.0 Å². The van der Waals surface area contributed by atoms with Gasteiger partial charge in [0.2, 0.25) is 5.88 Å². The zero-order chi connectivity index (χ0) is 18.2. The fraction of sp³-hybridized carbons (Fsp3) is 0.333. The molecular formula is C15H15F3N6O. The molecule has 1 N–H and O–H groups in total. The Morgan fingerprint density at radius 2 is 1.96 bits per heavy atom. The van der Waals surface area contributed by atoms with Crippen LogP contribution in [-0.2, 0) is 12.7 Å². The van der Waals surface area contributed by atoms with Crippen molar-refractivity contribution in [3.63, 3.8) is 0 Å². The summed E-state index contributed by atoms with van der Waals surface area (Å²) in [5.74, 6) is -0.376. The van der Waals surface area contributed by atoms with Crippen molar-refractivity contribution in [3.05, 3.63) is 40.8 Å². The van der Waals surface area contributed by atoms with Crippen molar-refractivity contribution in [1.82, 2.24) is 24.8 Å². The molecule has 0 spiro atoms. The van der Waals surface area contributed by atoms with Crippen molar-refractivity contribution >= 4 is 11.5 Å². The van der Waals surface area contributed by atoms with Gasteiger partial charge in [0.05, 0.1) is 7.11 Å². The van der Waals surface area contributed by atoms with E-state index in [-0.39, 0.29) is 5.65 Å². The number of rotatable bonds is 4. The van der Waals surface area contributed by atoms with Gasteiger partial charge in [-0.25, -0.2) is 4.98 Å². The van der Waals surface area contributed by atoms with Crippen LogP contribution in [0.25, 0.3) is 5.65 Å². The molecule has 3 heterocycles. The smallest absolute Gasteiger partial charge is 0.453 e. The molecule has 0 aromatic carbocycles. The van der Waals surface area contributed by atoms with E-state index in [9.17, 15) is 13.2 Å².